The summed E-state index contributed by atoms with van der Waals surface area (Å²) in [4.78, 5) is 10.6. The quantitative estimate of drug-likeness (QED) is 0.572. The molecular weight excluding hydrogens is 118 g/mol. The standard InChI is InChI=1S/C6H12NO2/c1-4(2)6(7-9)5(3)8/h4,6-7H,1-3H3/q-1/t6-/m1/s1. The molecule has 0 aromatic carbocycles. The van der Waals surface area contributed by atoms with Gasteiger partial charge in [0.15, 0.2) is 0 Å². The van der Waals surface area contributed by atoms with Crippen LogP contribution in [0.4, 0.5) is 0 Å². The molecule has 9 heavy (non-hydrogen) atoms. The lowest BCUT2D eigenvalue weighted by Crippen LogP contribution is -2.35. The van der Waals surface area contributed by atoms with Gasteiger partial charge in [-0.2, -0.15) is 0 Å². The first-order valence-corrected chi connectivity index (χ1v) is 2.97. The Kier molecular flexibility index (Phi) is 3.42. The number of hydroxylamine groups is 1. The van der Waals surface area contributed by atoms with E-state index in [1.165, 1.54) is 6.92 Å². The van der Waals surface area contributed by atoms with Gasteiger partial charge in [0.25, 0.3) is 0 Å². The van der Waals surface area contributed by atoms with Gasteiger partial charge in [-0.25, -0.2) is 0 Å². The van der Waals surface area contributed by atoms with Crippen LogP contribution in [0.1, 0.15) is 20.8 Å². The molecule has 0 saturated carbocycles. The molecule has 0 aliphatic heterocycles. The van der Waals surface area contributed by atoms with E-state index in [4.69, 9.17) is 0 Å². The molecule has 0 aliphatic rings. The Morgan fingerprint density at radius 3 is 2.00 bits per heavy atom. The number of ketones is 1. The van der Waals surface area contributed by atoms with Crippen LogP contribution in [-0.2, 0) is 4.79 Å². The highest BCUT2D eigenvalue weighted by Gasteiger charge is 2.12. The third-order valence-corrected chi connectivity index (χ3v) is 1.23. The van der Waals surface area contributed by atoms with Gasteiger partial charge in [0.05, 0.1) is 6.04 Å². The SMILES string of the molecule is CC(=O)[C@H](N[O-])C(C)C. The highest BCUT2D eigenvalue weighted by Crippen LogP contribution is 2.00. The second-order valence-corrected chi connectivity index (χ2v) is 2.45. The maximum absolute atomic E-state index is 10.6. The minimum absolute atomic E-state index is 0.0833. The van der Waals surface area contributed by atoms with E-state index < -0.39 is 6.04 Å². The van der Waals surface area contributed by atoms with E-state index in [9.17, 15) is 10.0 Å². The molecule has 0 unspecified atom stereocenters. The number of nitrogens with one attached hydrogen (secondary N) is 1. The fraction of sp³-hybridized carbons (Fsp3) is 0.833. The molecule has 0 aromatic heterocycles. The van der Waals surface area contributed by atoms with Gasteiger partial charge in [-0.15, -0.1) is 0 Å². The van der Waals surface area contributed by atoms with Crippen molar-refractivity contribution in [2.45, 2.75) is 26.8 Å². The van der Waals surface area contributed by atoms with Gasteiger partial charge < -0.3 is 10.7 Å². The van der Waals surface area contributed by atoms with Crippen molar-refractivity contribution in [3.8, 4) is 0 Å². The van der Waals surface area contributed by atoms with Crippen molar-refractivity contribution in [3.63, 3.8) is 0 Å². The molecule has 1 atom stereocenters. The molecule has 0 aromatic rings. The second-order valence-electron chi connectivity index (χ2n) is 2.45. The molecule has 0 amide bonds. The summed E-state index contributed by atoms with van der Waals surface area (Å²) in [6.45, 7) is 5.07. The molecule has 0 fully saturated rings. The zero-order valence-electron chi connectivity index (χ0n) is 5.97. The fourth-order valence-corrected chi connectivity index (χ4v) is 0.688. The van der Waals surface area contributed by atoms with Crippen molar-refractivity contribution in [3.05, 3.63) is 5.21 Å². The van der Waals surface area contributed by atoms with Crippen LogP contribution in [0, 0.1) is 11.1 Å². The van der Waals surface area contributed by atoms with Crippen molar-refractivity contribution in [1.82, 2.24) is 5.48 Å². The minimum Gasteiger partial charge on any atom is -0.787 e. The molecule has 54 valence electrons. The highest BCUT2D eigenvalue weighted by atomic mass is 16.5. The summed E-state index contributed by atoms with van der Waals surface area (Å²) in [5.74, 6) is -0.0139. The highest BCUT2D eigenvalue weighted by molar-refractivity contribution is 5.81. The van der Waals surface area contributed by atoms with Crippen LogP contribution in [0.2, 0.25) is 0 Å². The molecule has 0 rings (SSSR count). The number of Topliss-reactive ketones (excluding diaryl/α,β-unsaturated/α-hetero) is 1. The normalized spacial score (nSPS) is 13.9. The van der Waals surface area contributed by atoms with Crippen molar-refractivity contribution in [2.75, 3.05) is 0 Å². The van der Waals surface area contributed by atoms with Gasteiger partial charge in [-0.1, -0.05) is 13.8 Å². The molecule has 3 nitrogen and oxygen atoms in total. The molecule has 0 saturated heterocycles. The zero-order chi connectivity index (χ0) is 7.44. The maximum atomic E-state index is 10.6. The molecule has 0 heterocycles. The van der Waals surface area contributed by atoms with E-state index in [0.29, 0.717) is 0 Å². The molecule has 0 aliphatic carbocycles. The summed E-state index contributed by atoms with van der Waals surface area (Å²) in [5, 5.41) is 10.0. The number of carbonyl (C=O) groups excluding carboxylic acids is 1. The third kappa shape index (κ3) is 2.58. The lowest BCUT2D eigenvalue weighted by molar-refractivity contribution is -0.119. The molecule has 1 N–H and O–H groups in total. The average molecular weight is 130 g/mol. The zero-order valence-corrected chi connectivity index (χ0v) is 5.97. The summed E-state index contributed by atoms with van der Waals surface area (Å²) in [6, 6.07) is -0.523. The smallest absolute Gasteiger partial charge is 0.146 e. The molecule has 3 heteroatoms. The van der Waals surface area contributed by atoms with E-state index in [-0.39, 0.29) is 11.7 Å². The average Bonchev–Trinajstić information content (AvgIpc) is 1.64. The van der Waals surface area contributed by atoms with Gasteiger partial charge in [0.2, 0.25) is 0 Å². The summed E-state index contributed by atoms with van der Waals surface area (Å²) in [7, 11) is 0. The van der Waals surface area contributed by atoms with Gasteiger partial charge in [0.1, 0.15) is 5.78 Å². The topological polar surface area (TPSA) is 52.2 Å². The van der Waals surface area contributed by atoms with Crippen LogP contribution in [0.5, 0.6) is 0 Å². The first-order chi connectivity index (χ1) is 4.09. The largest absolute Gasteiger partial charge is 0.787 e. The predicted molar refractivity (Wildman–Crippen MR) is 35.8 cm³/mol. The van der Waals surface area contributed by atoms with Gasteiger partial charge in [-0.3, -0.25) is 4.79 Å². The number of hydrogen-bond donors (Lipinski definition) is 1. The Labute approximate surface area is 55.0 Å². The summed E-state index contributed by atoms with van der Waals surface area (Å²) < 4.78 is 0. The van der Waals surface area contributed by atoms with E-state index in [2.05, 4.69) is 0 Å². The van der Waals surface area contributed by atoms with E-state index in [1.807, 2.05) is 13.8 Å². The first-order valence-electron chi connectivity index (χ1n) is 2.97. The lowest BCUT2D eigenvalue weighted by atomic mass is 10.0. The van der Waals surface area contributed by atoms with E-state index in [1.54, 1.807) is 5.48 Å². The van der Waals surface area contributed by atoms with Crippen LogP contribution in [0.15, 0.2) is 0 Å². The minimum atomic E-state index is -0.523. The van der Waals surface area contributed by atoms with Crippen LogP contribution in [0.3, 0.4) is 0 Å². The molecule has 0 spiro atoms. The second kappa shape index (κ2) is 3.58. The lowest BCUT2D eigenvalue weighted by Gasteiger charge is -2.22. The summed E-state index contributed by atoms with van der Waals surface area (Å²) in [5.41, 5.74) is 1.70. The van der Waals surface area contributed by atoms with Crippen molar-refractivity contribution in [1.29, 1.82) is 0 Å². The van der Waals surface area contributed by atoms with Crippen molar-refractivity contribution < 1.29 is 4.79 Å². The number of rotatable bonds is 3. The predicted octanol–water partition coefficient (Wildman–Crippen LogP) is 0.687. The van der Waals surface area contributed by atoms with Crippen LogP contribution in [-0.4, -0.2) is 11.8 Å². The number of carbonyl (C=O) groups is 1. The van der Waals surface area contributed by atoms with Crippen LogP contribution in [0.25, 0.3) is 0 Å². The van der Waals surface area contributed by atoms with E-state index in [0.717, 1.165) is 0 Å². The Bertz CT molecular complexity index is 101. The van der Waals surface area contributed by atoms with Gasteiger partial charge >= 0.3 is 0 Å². The Balaban J connectivity index is 3.83. The van der Waals surface area contributed by atoms with Gasteiger partial charge in [0, 0.05) is 0 Å². The maximum Gasteiger partial charge on any atom is 0.146 e. The van der Waals surface area contributed by atoms with Crippen LogP contribution >= 0.6 is 0 Å². The Morgan fingerprint density at radius 1 is 1.56 bits per heavy atom. The molecular formula is C6H12NO2-. The van der Waals surface area contributed by atoms with Crippen molar-refractivity contribution in [2.24, 2.45) is 5.92 Å². The third-order valence-electron chi connectivity index (χ3n) is 1.23. The summed E-state index contributed by atoms with van der Waals surface area (Å²) >= 11 is 0. The first kappa shape index (κ1) is 8.59. The fourth-order valence-electron chi connectivity index (χ4n) is 0.688. The van der Waals surface area contributed by atoms with Crippen molar-refractivity contribution >= 4 is 5.78 Å². The van der Waals surface area contributed by atoms with E-state index >= 15 is 0 Å². The molecule has 0 bridgehead atoms. The summed E-state index contributed by atoms with van der Waals surface area (Å²) in [6.07, 6.45) is 0. The Morgan fingerprint density at radius 2 is 2.00 bits per heavy atom. The van der Waals surface area contributed by atoms with Crippen LogP contribution < -0.4 is 5.48 Å². The Hall–Kier alpha value is -0.410. The number of hydrogen-bond acceptors (Lipinski definition) is 3. The van der Waals surface area contributed by atoms with Gasteiger partial charge in [-0.05, 0) is 12.8 Å². The molecule has 0 radical (unpaired) electrons. The monoisotopic (exact) mass is 130 g/mol.